The summed E-state index contributed by atoms with van der Waals surface area (Å²) in [6.07, 6.45) is 0. The zero-order chi connectivity index (χ0) is 10.0. The van der Waals surface area contributed by atoms with Crippen LogP contribution in [0.1, 0.15) is 15.9 Å². The molecule has 0 radical (unpaired) electrons. The molecule has 4 heteroatoms. The second-order valence-electron chi connectivity index (χ2n) is 2.58. The van der Waals surface area contributed by atoms with Crippen molar-refractivity contribution in [3.63, 3.8) is 0 Å². The molecule has 0 unspecified atom stereocenters. The first-order valence-electron chi connectivity index (χ1n) is 3.60. The van der Waals surface area contributed by atoms with E-state index in [-0.39, 0.29) is 5.56 Å². The molecule has 0 heterocycles. The van der Waals surface area contributed by atoms with Gasteiger partial charge in [0.1, 0.15) is 5.82 Å². The van der Waals surface area contributed by atoms with Crippen LogP contribution in [0.3, 0.4) is 0 Å². The summed E-state index contributed by atoms with van der Waals surface area (Å²) in [4.78, 5) is 11.1. The van der Waals surface area contributed by atoms with Crippen molar-refractivity contribution >= 4 is 28.6 Å². The number of benzene rings is 1. The van der Waals surface area contributed by atoms with Gasteiger partial charge < -0.3 is 4.74 Å². The number of hydrogen-bond acceptors (Lipinski definition) is 2. The summed E-state index contributed by atoms with van der Waals surface area (Å²) < 4.78 is 18.1. The summed E-state index contributed by atoms with van der Waals surface area (Å²) in [5.41, 5.74) is 1.02. The molecule has 13 heavy (non-hydrogen) atoms. The number of aryl methyl sites for hydroxylation is 1. The van der Waals surface area contributed by atoms with Crippen molar-refractivity contribution in [3.05, 3.63) is 32.6 Å². The van der Waals surface area contributed by atoms with Crippen LogP contribution in [0.5, 0.6) is 0 Å². The van der Waals surface area contributed by atoms with E-state index in [1.54, 1.807) is 6.92 Å². The Bertz CT molecular complexity index is 350. The number of rotatable bonds is 1. The van der Waals surface area contributed by atoms with E-state index in [0.717, 1.165) is 9.13 Å². The average molecular weight is 294 g/mol. The highest BCUT2D eigenvalue weighted by Crippen LogP contribution is 2.19. The zero-order valence-electron chi connectivity index (χ0n) is 7.23. The number of carbonyl (C=O) groups excluding carboxylic acids is 1. The second kappa shape index (κ2) is 4.04. The molecule has 0 fully saturated rings. The fraction of sp³-hybridized carbons (Fsp3) is 0.222. The Hall–Kier alpha value is -0.650. The van der Waals surface area contributed by atoms with E-state index in [0.29, 0.717) is 0 Å². The van der Waals surface area contributed by atoms with Crippen LogP contribution in [0.4, 0.5) is 4.39 Å². The number of esters is 1. The Morgan fingerprint density at radius 1 is 1.54 bits per heavy atom. The van der Waals surface area contributed by atoms with E-state index in [9.17, 15) is 9.18 Å². The third-order valence-corrected chi connectivity index (χ3v) is 3.06. The van der Waals surface area contributed by atoms with Crippen LogP contribution in [-0.4, -0.2) is 13.1 Å². The molecule has 0 aliphatic carbocycles. The summed E-state index contributed by atoms with van der Waals surface area (Å²) in [6.45, 7) is 1.75. The first-order valence-corrected chi connectivity index (χ1v) is 4.68. The van der Waals surface area contributed by atoms with Gasteiger partial charge in [0.25, 0.3) is 0 Å². The van der Waals surface area contributed by atoms with Gasteiger partial charge in [-0.05, 0) is 47.2 Å². The Morgan fingerprint density at radius 3 is 2.69 bits per heavy atom. The molecule has 0 aliphatic rings. The molecule has 0 amide bonds. The quantitative estimate of drug-likeness (QED) is 0.587. The van der Waals surface area contributed by atoms with E-state index in [1.807, 2.05) is 22.6 Å². The Balaban J connectivity index is 3.28. The normalized spacial score (nSPS) is 9.85. The van der Waals surface area contributed by atoms with Crippen molar-refractivity contribution in [1.29, 1.82) is 0 Å². The van der Waals surface area contributed by atoms with Gasteiger partial charge in [0.05, 0.1) is 12.7 Å². The van der Waals surface area contributed by atoms with Crippen molar-refractivity contribution in [3.8, 4) is 0 Å². The van der Waals surface area contributed by atoms with Gasteiger partial charge in [-0.15, -0.1) is 0 Å². The lowest BCUT2D eigenvalue weighted by Crippen LogP contribution is -2.05. The third kappa shape index (κ3) is 2.18. The lowest BCUT2D eigenvalue weighted by molar-refractivity contribution is 0.0599. The highest BCUT2D eigenvalue weighted by atomic mass is 127. The van der Waals surface area contributed by atoms with Crippen LogP contribution in [-0.2, 0) is 4.74 Å². The molecule has 0 bridgehead atoms. The standard InChI is InChI=1S/C9H8FIO2/c1-5-3-6(10)4-7(8(5)11)9(12)13-2/h3-4H,1-2H3. The van der Waals surface area contributed by atoms with Crippen molar-refractivity contribution < 1.29 is 13.9 Å². The van der Waals surface area contributed by atoms with Crippen LogP contribution >= 0.6 is 22.6 Å². The van der Waals surface area contributed by atoms with Gasteiger partial charge in [-0.1, -0.05) is 0 Å². The molecule has 0 aromatic heterocycles. The fourth-order valence-corrected chi connectivity index (χ4v) is 1.52. The van der Waals surface area contributed by atoms with Crippen molar-refractivity contribution in [2.45, 2.75) is 6.92 Å². The highest BCUT2D eigenvalue weighted by Gasteiger charge is 2.13. The number of halogens is 2. The van der Waals surface area contributed by atoms with E-state index in [4.69, 9.17) is 0 Å². The van der Waals surface area contributed by atoms with Gasteiger partial charge in [0.15, 0.2) is 0 Å². The van der Waals surface area contributed by atoms with Crippen molar-refractivity contribution in [2.75, 3.05) is 7.11 Å². The van der Waals surface area contributed by atoms with Crippen molar-refractivity contribution in [1.82, 2.24) is 0 Å². The van der Waals surface area contributed by atoms with E-state index >= 15 is 0 Å². The molecule has 70 valence electrons. The minimum Gasteiger partial charge on any atom is -0.465 e. The topological polar surface area (TPSA) is 26.3 Å². The molecule has 0 N–H and O–H groups in total. The average Bonchev–Trinajstić information content (AvgIpc) is 2.10. The first-order chi connectivity index (χ1) is 6.06. The monoisotopic (exact) mass is 294 g/mol. The summed E-state index contributed by atoms with van der Waals surface area (Å²) in [6, 6.07) is 2.56. The van der Waals surface area contributed by atoms with Gasteiger partial charge in [-0.3, -0.25) is 0 Å². The van der Waals surface area contributed by atoms with Crippen LogP contribution in [0, 0.1) is 16.3 Å². The molecule has 2 nitrogen and oxygen atoms in total. The molecular weight excluding hydrogens is 286 g/mol. The van der Waals surface area contributed by atoms with Crippen LogP contribution < -0.4 is 0 Å². The summed E-state index contributed by atoms with van der Waals surface area (Å²) in [5.74, 6) is -0.926. The predicted molar refractivity (Wildman–Crippen MR) is 55.2 cm³/mol. The Labute approximate surface area is 89.2 Å². The number of carbonyl (C=O) groups is 1. The Kier molecular flexibility index (Phi) is 3.24. The van der Waals surface area contributed by atoms with Gasteiger partial charge in [0.2, 0.25) is 0 Å². The summed E-state index contributed by atoms with van der Waals surface area (Å²) >= 11 is 1.99. The number of methoxy groups -OCH3 is 1. The molecule has 0 atom stereocenters. The fourth-order valence-electron chi connectivity index (χ4n) is 0.984. The smallest absolute Gasteiger partial charge is 0.339 e. The van der Waals surface area contributed by atoms with Gasteiger partial charge >= 0.3 is 5.97 Å². The lowest BCUT2D eigenvalue weighted by Gasteiger charge is -2.05. The van der Waals surface area contributed by atoms with Crippen molar-refractivity contribution in [2.24, 2.45) is 0 Å². The summed E-state index contributed by atoms with van der Waals surface area (Å²) in [5, 5.41) is 0. The molecule has 0 saturated carbocycles. The number of hydrogen-bond donors (Lipinski definition) is 0. The van der Waals surface area contributed by atoms with Gasteiger partial charge in [0, 0.05) is 3.57 Å². The predicted octanol–water partition coefficient (Wildman–Crippen LogP) is 2.53. The molecule has 1 rings (SSSR count). The minimum absolute atomic E-state index is 0.278. The second-order valence-corrected chi connectivity index (χ2v) is 3.65. The maximum Gasteiger partial charge on any atom is 0.339 e. The molecule has 0 spiro atoms. The Morgan fingerprint density at radius 2 is 2.15 bits per heavy atom. The summed E-state index contributed by atoms with van der Waals surface area (Å²) in [7, 11) is 1.28. The molecule has 0 saturated heterocycles. The highest BCUT2D eigenvalue weighted by molar-refractivity contribution is 14.1. The van der Waals surface area contributed by atoms with E-state index in [2.05, 4.69) is 4.74 Å². The maximum absolute atomic E-state index is 12.9. The minimum atomic E-state index is -0.507. The molecule has 1 aromatic rings. The van der Waals surface area contributed by atoms with Crippen LogP contribution in [0.2, 0.25) is 0 Å². The van der Waals surface area contributed by atoms with Gasteiger partial charge in [-0.25, -0.2) is 9.18 Å². The molecular formula is C9H8FIO2. The van der Waals surface area contributed by atoms with E-state index in [1.165, 1.54) is 19.2 Å². The molecule has 0 aliphatic heterocycles. The van der Waals surface area contributed by atoms with E-state index < -0.39 is 11.8 Å². The first kappa shape index (κ1) is 10.4. The SMILES string of the molecule is COC(=O)c1cc(F)cc(C)c1I. The van der Waals surface area contributed by atoms with Crippen LogP contribution in [0.15, 0.2) is 12.1 Å². The largest absolute Gasteiger partial charge is 0.465 e. The number of ether oxygens (including phenoxy) is 1. The molecule has 1 aromatic carbocycles. The van der Waals surface area contributed by atoms with Gasteiger partial charge in [-0.2, -0.15) is 0 Å². The third-order valence-electron chi connectivity index (χ3n) is 1.62. The lowest BCUT2D eigenvalue weighted by atomic mass is 10.1. The zero-order valence-corrected chi connectivity index (χ0v) is 9.38. The maximum atomic E-state index is 12.9. The van der Waals surface area contributed by atoms with Crippen LogP contribution in [0.25, 0.3) is 0 Å².